The number of carbonyl (C=O) groups excluding carboxylic acids is 1. The molecular weight excluding hydrogens is 310 g/mol. The van der Waals surface area contributed by atoms with Crippen LogP contribution in [0.15, 0.2) is 24.3 Å². The van der Waals surface area contributed by atoms with Crippen LogP contribution in [0.4, 0.5) is 5.69 Å². The summed E-state index contributed by atoms with van der Waals surface area (Å²) in [7, 11) is 0. The Morgan fingerprint density at radius 2 is 1.88 bits per heavy atom. The SMILES string of the molecule is Cc1cccc(N2CCN(CCCCNC(=O)C3CCCC3)CC2)c1. The van der Waals surface area contributed by atoms with Crippen molar-refractivity contribution in [1.82, 2.24) is 10.2 Å². The molecule has 2 fully saturated rings. The Hall–Kier alpha value is -1.55. The highest BCUT2D eigenvalue weighted by atomic mass is 16.1. The van der Waals surface area contributed by atoms with Gasteiger partial charge in [-0.15, -0.1) is 0 Å². The van der Waals surface area contributed by atoms with E-state index in [0.29, 0.717) is 11.8 Å². The van der Waals surface area contributed by atoms with Crippen LogP contribution in [0.5, 0.6) is 0 Å². The maximum atomic E-state index is 12.0. The summed E-state index contributed by atoms with van der Waals surface area (Å²) in [5.41, 5.74) is 2.69. The van der Waals surface area contributed by atoms with Crippen LogP contribution in [-0.2, 0) is 4.79 Å². The molecule has 1 N–H and O–H groups in total. The third-order valence-corrected chi connectivity index (χ3v) is 5.67. The second-order valence-corrected chi connectivity index (χ2v) is 7.65. The van der Waals surface area contributed by atoms with E-state index in [2.05, 4.69) is 46.3 Å². The first-order chi connectivity index (χ1) is 12.2. The summed E-state index contributed by atoms with van der Waals surface area (Å²) >= 11 is 0. The van der Waals surface area contributed by atoms with Gasteiger partial charge >= 0.3 is 0 Å². The molecule has 138 valence electrons. The largest absolute Gasteiger partial charge is 0.369 e. The van der Waals surface area contributed by atoms with Crippen LogP contribution in [0.3, 0.4) is 0 Å². The third kappa shape index (κ3) is 5.46. The van der Waals surface area contributed by atoms with Crippen LogP contribution < -0.4 is 10.2 Å². The normalized spacial score (nSPS) is 19.3. The van der Waals surface area contributed by atoms with Gasteiger partial charge in [-0.1, -0.05) is 25.0 Å². The molecule has 1 aromatic rings. The molecule has 1 saturated carbocycles. The Morgan fingerprint density at radius 1 is 1.12 bits per heavy atom. The van der Waals surface area contributed by atoms with Gasteiger partial charge in [0, 0.05) is 44.3 Å². The molecule has 2 aliphatic rings. The van der Waals surface area contributed by atoms with E-state index >= 15 is 0 Å². The van der Waals surface area contributed by atoms with Crippen LogP contribution >= 0.6 is 0 Å². The summed E-state index contributed by atoms with van der Waals surface area (Å²) in [6, 6.07) is 8.81. The highest BCUT2D eigenvalue weighted by Crippen LogP contribution is 2.24. The van der Waals surface area contributed by atoms with Crippen LogP contribution in [-0.4, -0.2) is 50.1 Å². The first kappa shape index (κ1) is 18.2. The highest BCUT2D eigenvalue weighted by molar-refractivity contribution is 5.78. The zero-order valence-corrected chi connectivity index (χ0v) is 15.7. The Bertz CT molecular complexity index is 546. The molecule has 0 atom stereocenters. The number of rotatable bonds is 7. The van der Waals surface area contributed by atoms with Crippen molar-refractivity contribution in [2.75, 3.05) is 44.2 Å². The van der Waals surface area contributed by atoms with E-state index in [9.17, 15) is 4.79 Å². The molecular formula is C21H33N3O. The number of benzene rings is 1. The van der Waals surface area contributed by atoms with Crippen LogP contribution in [0, 0.1) is 12.8 Å². The number of amides is 1. The quantitative estimate of drug-likeness (QED) is 0.772. The highest BCUT2D eigenvalue weighted by Gasteiger charge is 2.22. The van der Waals surface area contributed by atoms with Gasteiger partial charge in [0.1, 0.15) is 0 Å². The van der Waals surface area contributed by atoms with Crippen molar-refractivity contribution in [2.45, 2.75) is 45.4 Å². The summed E-state index contributed by atoms with van der Waals surface area (Å²) in [5, 5.41) is 3.13. The Balaban J connectivity index is 1.27. The lowest BCUT2D eigenvalue weighted by atomic mass is 10.1. The maximum Gasteiger partial charge on any atom is 0.223 e. The lowest BCUT2D eigenvalue weighted by Crippen LogP contribution is -2.46. The molecule has 4 heteroatoms. The lowest BCUT2D eigenvalue weighted by molar-refractivity contribution is -0.124. The fraction of sp³-hybridized carbons (Fsp3) is 0.667. The van der Waals surface area contributed by atoms with Gasteiger partial charge in [-0.2, -0.15) is 0 Å². The zero-order valence-electron chi connectivity index (χ0n) is 15.7. The number of nitrogens with one attached hydrogen (secondary N) is 1. The van der Waals surface area contributed by atoms with Crippen LogP contribution in [0.1, 0.15) is 44.1 Å². The monoisotopic (exact) mass is 343 g/mol. The summed E-state index contributed by atoms with van der Waals surface area (Å²) in [5.74, 6) is 0.596. The second-order valence-electron chi connectivity index (χ2n) is 7.65. The van der Waals surface area contributed by atoms with E-state index in [4.69, 9.17) is 0 Å². The molecule has 1 aliphatic heterocycles. The fourth-order valence-electron chi connectivity index (χ4n) is 4.06. The predicted molar refractivity (Wildman–Crippen MR) is 104 cm³/mol. The van der Waals surface area contributed by atoms with Crippen molar-refractivity contribution in [3.05, 3.63) is 29.8 Å². The van der Waals surface area contributed by atoms with Gasteiger partial charge in [-0.05, 0) is 56.8 Å². The molecule has 1 aliphatic carbocycles. The maximum absolute atomic E-state index is 12.0. The van der Waals surface area contributed by atoms with E-state index in [1.807, 2.05) is 0 Å². The second kappa shape index (κ2) is 9.23. The van der Waals surface area contributed by atoms with Gasteiger partial charge in [0.25, 0.3) is 0 Å². The number of hydrogen-bond donors (Lipinski definition) is 1. The van der Waals surface area contributed by atoms with Crippen molar-refractivity contribution < 1.29 is 4.79 Å². The molecule has 0 bridgehead atoms. The van der Waals surface area contributed by atoms with E-state index < -0.39 is 0 Å². The summed E-state index contributed by atoms with van der Waals surface area (Å²) in [6.07, 6.45) is 6.92. The molecule has 0 spiro atoms. The number of aryl methyl sites for hydroxylation is 1. The Morgan fingerprint density at radius 3 is 2.60 bits per heavy atom. The molecule has 1 aromatic carbocycles. The molecule has 3 rings (SSSR count). The van der Waals surface area contributed by atoms with E-state index in [-0.39, 0.29) is 0 Å². The van der Waals surface area contributed by atoms with E-state index in [1.54, 1.807) is 0 Å². The van der Waals surface area contributed by atoms with Gasteiger partial charge < -0.3 is 10.2 Å². The first-order valence-corrected chi connectivity index (χ1v) is 10.0. The van der Waals surface area contributed by atoms with Crippen molar-refractivity contribution in [1.29, 1.82) is 0 Å². The molecule has 25 heavy (non-hydrogen) atoms. The Labute approximate surface area is 152 Å². The smallest absolute Gasteiger partial charge is 0.223 e. The third-order valence-electron chi connectivity index (χ3n) is 5.67. The summed E-state index contributed by atoms with van der Waals surface area (Å²) < 4.78 is 0. The first-order valence-electron chi connectivity index (χ1n) is 10.0. The number of nitrogens with zero attached hydrogens (tertiary/aromatic N) is 2. The topological polar surface area (TPSA) is 35.6 Å². The van der Waals surface area contributed by atoms with Gasteiger partial charge in [0.2, 0.25) is 5.91 Å². The van der Waals surface area contributed by atoms with Crippen molar-refractivity contribution in [3.8, 4) is 0 Å². The number of piperazine rings is 1. The molecule has 0 radical (unpaired) electrons. The minimum absolute atomic E-state index is 0.296. The standard InChI is InChI=1S/C21H33N3O/c1-18-7-6-10-20(17-18)24-15-13-23(14-16-24)12-5-4-11-22-21(25)19-8-2-3-9-19/h6-7,10,17,19H,2-5,8-9,11-16H2,1H3,(H,22,25). The number of hydrogen-bond acceptors (Lipinski definition) is 3. The minimum Gasteiger partial charge on any atom is -0.369 e. The van der Waals surface area contributed by atoms with Crippen molar-refractivity contribution in [3.63, 3.8) is 0 Å². The zero-order chi connectivity index (χ0) is 17.5. The number of unbranched alkanes of at least 4 members (excludes halogenated alkanes) is 1. The Kier molecular flexibility index (Phi) is 6.74. The molecule has 4 nitrogen and oxygen atoms in total. The van der Waals surface area contributed by atoms with Crippen molar-refractivity contribution >= 4 is 11.6 Å². The van der Waals surface area contributed by atoms with Gasteiger partial charge in [-0.25, -0.2) is 0 Å². The molecule has 0 aromatic heterocycles. The van der Waals surface area contributed by atoms with Crippen LogP contribution in [0.2, 0.25) is 0 Å². The predicted octanol–water partition coefficient (Wildman–Crippen LogP) is 3.20. The summed E-state index contributed by atoms with van der Waals surface area (Å²) in [4.78, 5) is 17.0. The molecule has 1 heterocycles. The lowest BCUT2D eigenvalue weighted by Gasteiger charge is -2.36. The average Bonchev–Trinajstić information content (AvgIpc) is 3.17. The van der Waals surface area contributed by atoms with Crippen LogP contribution in [0.25, 0.3) is 0 Å². The van der Waals surface area contributed by atoms with Gasteiger partial charge in [-0.3, -0.25) is 9.69 Å². The molecule has 0 unspecified atom stereocenters. The van der Waals surface area contributed by atoms with Gasteiger partial charge in [0.15, 0.2) is 0 Å². The minimum atomic E-state index is 0.296. The van der Waals surface area contributed by atoms with Crippen molar-refractivity contribution in [2.24, 2.45) is 5.92 Å². The van der Waals surface area contributed by atoms with Gasteiger partial charge in [0.05, 0.1) is 0 Å². The number of carbonyl (C=O) groups is 1. The fourth-order valence-corrected chi connectivity index (χ4v) is 4.06. The summed E-state index contributed by atoms with van der Waals surface area (Å²) in [6.45, 7) is 8.67. The molecule has 1 saturated heterocycles. The molecule has 1 amide bonds. The average molecular weight is 344 g/mol. The van der Waals surface area contributed by atoms with E-state index in [1.165, 1.54) is 30.5 Å². The van der Waals surface area contributed by atoms with E-state index in [0.717, 1.165) is 58.5 Å². The number of anilines is 1.